The summed E-state index contributed by atoms with van der Waals surface area (Å²) in [5.41, 5.74) is 0. The minimum absolute atomic E-state index is 0.146. The summed E-state index contributed by atoms with van der Waals surface area (Å²) in [7, 11) is 0. The van der Waals surface area contributed by atoms with Gasteiger partial charge >= 0.3 is 0 Å². The van der Waals surface area contributed by atoms with Gasteiger partial charge in [-0.2, -0.15) is 0 Å². The van der Waals surface area contributed by atoms with E-state index in [-0.39, 0.29) is 5.15 Å². The maximum Gasteiger partial charge on any atom is 0.291 e. The zero-order valence-corrected chi connectivity index (χ0v) is 4.72. The minimum atomic E-state index is 0.146. The van der Waals surface area contributed by atoms with Crippen LogP contribution in [-0.2, 0) is 0 Å². The van der Waals surface area contributed by atoms with E-state index in [0.717, 1.165) is 0 Å². The maximum atomic E-state index is 10.3. The highest BCUT2D eigenvalue weighted by Crippen LogP contribution is 1.95. The number of nitrogens with zero attached hydrogens (tertiary/aromatic N) is 1. The van der Waals surface area contributed by atoms with Gasteiger partial charge in [-0.1, -0.05) is 0 Å². The van der Waals surface area contributed by atoms with Gasteiger partial charge in [0.15, 0.2) is 0 Å². The number of halogens is 1. The van der Waals surface area contributed by atoms with E-state index in [1.165, 1.54) is 12.1 Å². The fraction of sp³-hybridized carbons (Fsp3) is 0. The van der Waals surface area contributed by atoms with Gasteiger partial charge in [0.05, 0.1) is 0 Å². The van der Waals surface area contributed by atoms with Crippen molar-refractivity contribution in [2.45, 2.75) is 0 Å². The number of aromatic nitrogens is 1. The lowest BCUT2D eigenvalue weighted by Crippen LogP contribution is -2.26. The van der Waals surface area contributed by atoms with Gasteiger partial charge in [-0.05, 0) is 17.7 Å². The zero-order chi connectivity index (χ0) is 5.98. The summed E-state index contributed by atoms with van der Waals surface area (Å²) in [4.78, 5) is 0. The van der Waals surface area contributed by atoms with Crippen LogP contribution in [0.1, 0.15) is 0 Å². The second-order valence-electron chi connectivity index (χ2n) is 1.27. The highest BCUT2D eigenvalue weighted by Gasteiger charge is 1.94. The van der Waals surface area contributed by atoms with Gasteiger partial charge in [-0.15, -0.1) is 4.73 Å². The van der Waals surface area contributed by atoms with Crippen LogP contribution in [0, 0.1) is 11.4 Å². The predicted molar refractivity (Wildman–Crippen MR) is 29.2 cm³/mol. The molecule has 0 aromatic carbocycles. The fourth-order valence-electron chi connectivity index (χ4n) is 0.368. The molecule has 1 rings (SSSR count). The third kappa shape index (κ3) is 0.898. The first-order valence-electron chi connectivity index (χ1n) is 2.06. The van der Waals surface area contributed by atoms with Gasteiger partial charge in [0, 0.05) is 12.1 Å². The Labute approximate surface area is 51.9 Å². The Morgan fingerprint density at radius 3 is 2.88 bits per heavy atom. The molecular formula is C5H3ClNO. The summed E-state index contributed by atoms with van der Waals surface area (Å²) in [6.45, 7) is 0. The van der Waals surface area contributed by atoms with Crippen molar-refractivity contribution < 1.29 is 4.73 Å². The van der Waals surface area contributed by atoms with Gasteiger partial charge in [0.1, 0.15) is 0 Å². The first-order chi connectivity index (χ1) is 3.80. The second-order valence-corrected chi connectivity index (χ2v) is 1.66. The van der Waals surface area contributed by atoms with Crippen LogP contribution in [0.2, 0.25) is 5.15 Å². The molecule has 1 radical (unpaired) electrons. The topological polar surface area (TPSA) is 26.9 Å². The summed E-state index contributed by atoms with van der Waals surface area (Å²) >= 11 is 5.33. The van der Waals surface area contributed by atoms with Crippen LogP contribution in [0.5, 0.6) is 0 Å². The van der Waals surface area contributed by atoms with E-state index in [2.05, 4.69) is 6.20 Å². The Balaban J connectivity index is 3.13. The van der Waals surface area contributed by atoms with E-state index in [1.807, 2.05) is 0 Å². The summed E-state index contributed by atoms with van der Waals surface area (Å²) in [5.74, 6) is 0. The standard InChI is InChI=1S/C5H3ClNO/c6-5-3-1-2-4-7(5)8/h1-3H. The molecule has 8 heavy (non-hydrogen) atoms. The zero-order valence-electron chi connectivity index (χ0n) is 3.97. The summed E-state index contributed by atoms with van der Waals surface area (Å²) in [6, 6.07) is 4.65. The molecule has 0 saturated carbocycles. The molecule has 0 spiro atoms. The summed E-state index contributed by atoms with van der Waals surface area (Å²) in [6.07, 6.45) is 2.33. The highest BCUT2D eigenvalue weighted by atomic mass is 35.5. The molecule has 1 aromatic rings. The van der Waals surface area contributed by atoms with Crippen LogP contribution in [0.25, 0.3) is 0 Å². The second kappa shape index (κ2) is 2.01. The number of pyridine rings is 1. The van der Waals surface area contributed by atoms with Crippen molar-refractivity contribution in [3.8, 4) is 0 Å². The van der Waals surface area contributed by atoms with Gasteiger partial charge < -0.3 is 5.21 Å². The average molecular weight is 129 g/mol. The Morgan fingerprint density at radius 2 is 2.50 bits per heavy atom. The Kier molecular flexibility index (Phi) is 1.35. The van der Waals surface area contributed by atoms with Crippen molar-refractivity contribution >= 4 is 11.6 Å². The van der Waals surface area contributed by atoms with Crippen molar-refractivity contribution in [3.63, 3.8) is 0 Å². The molecule has 0 aliphatic heterocycles. The lowest BCUT2D eigenvalue weighted by Gasteiger charge is -1.91. The predicted octanol–water partition coefficient (Wildman–Crippen LogP) is 0.774. The van der Waals surface area contributed by atoms with Crippen molar-refractivity contribution in [1.82, 2.24) is 0 Å². The van der Waals surface area contributed by atoms with E-state index in [4.69, 9.17) is 11.6 Å². The SMILES string of the molecule is [O-][n+]1[c]cccc1Cl. The fourth-order valence-corrected chi connectivity index (χ4v) is 0.489. The van der Waals surface area contributed by atoms with Crippen LogP contribution >= 0.6 is 11.6 Å². The van der Waals surface area contributed by atoms with Gasteiger partial charge in [0.2, 0.25) is 0 Å². The van der Waals surface area contributed by atoms with Crippen LogP contribution in [-0.4, -0.2) is 0 Å². The Bertz CT molecular complexity index is 169. The third-order valence-electron chi connectivity index (χ3n) is 0.716. The number of hydrogen-bond donors (Lipinski definition) is 0. The molecule has 1 heterocycles. The quantitative estimate of drug-likeness (QED) is 0.288. The maximum absolute atomic E-state index is 10.3. The van der Waals surface area contributed by atoms with E-state index in [9.17, 15) is 5.21 Å². The molecule has 0 bridgehead atoms. The van der Waals surface area contributed by atoms with Crippen molar-refractivity contribution in [2.75, 3.05) is 0 Å². The largest absolute Gasteiger partial charge is 0.617 e. The Morgan fingerprint density at radius 1 is 1.75 bits per heavy atom. The molecule has 1 aromatic heterocycles. The van der Waals surface area contributed by atoms with Crippen molar-refractivity contribution in [2.24, 2.45) is 0 Å². The van der Waals surface area contributed by atoms with E-state index in [0.29, 0.717) is 4.73 Å². The normalized spacial score (nSPS) is 9.12. The van der Waals surface area contributed by atoms with E-state index in [1.54, 1.807) is 6.07 Å². The molecule has 0 aliphatic carbocycles. The van der Waals surface area contributed by atoms with Crippen LogP contribution < -0.4 is 4.73 Å². The molecule has 0 aliphatic rings. The molecule has 0 saturated heterocycles. The lowest BCUT2D eigenvalue weighted by atomic mass is 10.5. The highest BCUT2D eigenvalue weighted by molar-refractivity contribution is 6.28. The molecule has 41 valence electrons. The van der Waals surface area contributed by atoms with Crippen LogP contribution in [0.3, 0.4) is 0 Å². The smallest absolute Gasteiger partial charge is 0.291 e. The van der Waals surface area contributed by atoms with Gasteiger partial charge in [-0.25, -0.2) is 0 Å². The van der Waals surface area contributed by atoms with Crippen molar-refractivity contribution in [3.05, 3.63) is 34.8 Å². The third-order valence-corrected chi connectivity index (χ3v) is 0.995. The van der Waals surface area contributed by atoms with Crippen LogP contribution in [0.15, 0.2) is 18.2 Å². The lowest BCUT2D eigenvalue weighted by molar-refractivity contribution is -0.607. The molecule has 2 nitrogen and oxygen atoms in total. The molecule has 3 heteroatoms. The van der Waals surface area contributed by atoms with Crippen molar-refractivity contribution in [1.29, 1.82) is 0 Å². The molecule has 0 unspecified atom stereocenters. The van der Waals surface area contributed by atoms with Crippen LogP contribution in [0.4, 0.5) is 0 Å². The number of hydrogen-bond acceptors (Lipinski definition) is 1. The molecule has 0 atom stereocenters. The molecule has 0 amide bonds. The van der Waals surface area contributed by atoms with E-state index >= 15 is 0 Å². The molecule has 0 N–H and O–H groups in total. The average Bonchev–Trinajstić information content (AvgIpc) is 1.77. The monoisotopic (exact) mass is 128 g/mol. The summed E-state index contributed by atoms with van der Waals surface area (Å²) in [5, 5.41) is 10.5. The molecular weight excluding hydrogens is 126 g/mol. The minimum Gasteiger partial charge on any atom is -0.617 e. The first kappa shape index (κ1) is 5.38. The van der Waals surface area contributed by atoms with E-state index < -0.39 is 0 Å². The first-order valence-corrected chi connectivity index (χ1v) is 2.44. The number of rotatable bonds is 0. The van der Waals surface area contributed by atoms with Gasteiger partial charge in [0.25, 0.3) is 11.3 Å². The summed E-state index contributed by atoms with van der Waals surface area (Å²) < 4.78 is 0.474. The Hall–Kier alpha value is -0.760. The molecule has 0 fully saturated rings. The van der Waals surface area contributed by atoms with Gasteiger partial charge in [-0.3, -0.25) is 0 Å².